The Labute approximate surface area is 144 Å². The van der Waals surface area contributed by atoms with Crippen LogP contribution < -0.4 is 5.32 Å². The smallest absolute Gasteiger partial charge is 0.177 e. The van der Waals surface area contributed by atoms with E-state index in [0.29, 0.717) is 12.2 Å². The summed E-state index contributed by atoms with van der Waals surface area (Å²) in [7, 11) is -7.03. The van der Waals surface area contributed by atoms with Crippen molar-refractivity contribution in [3.63, 3.8) is 0 Å². The molecular formula is C15H16BrNO4S2. The van der Waals surface area contributed by atoms with Gasteiger partial charge in [-0.2, -0.15) is 0 Å². The molecule has 0 radical (unpaired) electrons. The molecule has 0 saturated carbocycles. The van der Waals surface area contributed by atoms with Gasteiger partial charge in [-0.1, -0.05) is 28.1 Å². The van der Waals surface area contributed by atoms with Crippen molar-refractivity contribution in [1.82, 2.24) is 0 Å². The molecule has 2 aromatic rings. The van der Waals surface area contributed by atoms with Crippen LogP contribution in [0.2, 0.25) is 0 Å². The molecule has 5 nitrogen and oxygen atoms in total. The van der Waals surface area contributed by atoms with Crippen LogP contribution in [0.3, 0.4) is 0 Å². The fraction of sp³-hybridized carbons (Fsp3) is 0.200. The Hall–Kier alpha value is -1.38. The Morgan fingerprint density at radius 3 is 2.04 bits per heavy atom. The lowest BCUT2D eigenvalue weighted by Gasteiger charge is -2.12. The first-order valence-electron chi connectivity index (χ1n) is 6.60. The molecule has 0 saturated heterocycles. The van der Waals surface area contributed by atoms with Gasteiger partial charge in [0, 0.05) is 23.5 Å². The third-order valence-corrected chi connectivity index (χ3v) is 5.95. The van der Waals surface area contributed by atoms with E-state index in [1.807, 2.05) is 24.3 Å². The zero-order valence-corrected chi connectivity index (χ0v) is 15.8. The number of benzene rings is 2. The van der Waals surface area contributed by atoms with Crippen LogP contribution in [-0.2, 0) is 26.2 Å². The van der Waals surface area contributed by atoms with Crippen molar-refractivity contribution in [3.8, 4) is 0 Å². The number of hydrogen-bond acceptors (Lipinski definition) is 5. The average Bonchev–Trinajstić information content (AvgIpc) is 2.44. The minimum absolute atomic E-state index is 0.0212. The van der Waals surface area contributed by atoms with Gasteiger partial charge in [0.2, 0.25) is 0 Å². The molecular weight excluding hydrogens is 402 g/mol. The molecule has 0 fully saturated rings. The first-order valence-corrected chi connectivity index (χ1v) is 11.2. The molecule has 124 valence electrons. The second kappa shape index (κ2) is 6.62. The van der Waals surface area contributed by atoms with Gasteiger partial charge in [-0.05, 0) is 35.9 Å². The van der Waals surface area contributed by atoms with Gasteiger partial charge in [-0.15, -0.1) is 0 Å². The number of halogens is 1. The molecule has 8 heteroatoms. The van der Waals surface area contributed by atoms with Gasteiger partial charge in [-0.3, -0.25) is 0 Å². The van der Waals surface area contributed by atoms with Crippen molar-refractivity contribution in [3.05, 3.63) is 52.5 Å². The molecule has 0 amide bonds. The molecule has 2 aromatic carbocycles. The minimum atomic E-state index is -3.56. The normalized spacial score (nSPS) is 12.1. The molecule has 1 N–H and O–H groups in total. The van der Waals surface area contributed by atoms with Crippen LogP contribution in [0.15, 0.2) is 56.7 Å². The summed E-state index contributed by atoms with van der Waals surface area (Å²) in [5.41, 5.74) is 1.35. The maximum absolute atomic E-state index is 11.9. The predicted molar refractivity (Wildman–Crippen MR) is 94.1 cm³/mol. The average molecular weight is 418 g/mol. The maximum Gasteiger partial charge on any atom is 0.177 e. The van der Waals surface area contributed by atoms with E-state index in [1.54, 1.807) is 0 Å². The van der Waals surface area contributed by atoms with Crippen LogP contribution in [0.5, 0.6) is 0 Å². The van der Waals surface area contributed by atoms with E-state index in [-0.39, 0.29) is 9.79 Å². The fourth-order valence-electron chi connectivity index (χ4n) is 1.99. The highest BCUT2D eigenvalue weighted by Gasteiger charge is 2.17. The highest BCUT2D eigenvalue weighted by Crippen LogP contribution is 2.25. The SMILES string of the molecule is CS(=O)(=O)c1ccc(NCc2ccc(Br)cc2)c(S(C)(=O)=O)c1. The maximum atomic E-state index is 11.9. The summed E-state index contributed by atoms with van der Waals surface area (Å²) in [5, 5.41) is 3.04. The Morgan fingerprint density at radius 2 is 1.52 bits per heavy atom. The van der Waals surface area contributed by atoms with Crippen molar-refractivity contribution in [2.24, 2.45) is 0 Å². The molecule has 23 heavy (non-hydrogen) atoms. The quantitative estimate of drug-likeness (QED) is 0.808. The largest absolute Gasteiger partial charge is 0.380 e. The first kappa shape index (κ1) is 18.0. The minimum Gasteiger partial charge on any atom is -0.380 e. The lowest BCUT2D eigenvalue weighted by atomic mass is 10.2. The molecule has 0 aromatic heterocycles. The van der Waals surface area contributed by atoms with Gasteiger partial charge in [0.05, 0.1) is 15.5 Å². The van der Waals surface area contributed by atoms with E-state index in [0.717, 1.165) is 22.5 Å². The van der Waals surface area contributed by atoms with E-state index in [1.165, 1.54) is 18.2 Å². The molecule has 2 rings (SSSR count). The lowest BCUT2D eigenvalue weighted by Crippen LogP contribution is -2.08. The number of anilines is 1. The van der Waals surface area contributed by atoms with Crippen LogP contribution in [-0.4, -0.2) is 29.3 Å². The second-order valence-corrected chi connectivity index (χ2v) is 10.1. The molecule has 0 heterocycles. The van der Waals surface area contributed by atoms with Crippen LogP contribution in [0, 0.1) is 0 Å². The van der Waals surface area contributed by atoms with Crippen molar-refractivity contribution in [2.45, 2.75) is 16.3 Å². The summed E-state index contributed by atoms with van der Waals surface area (Å²) in [4.78, 5) is -0.0512. The zero-order valence-electron chi connectivity index (χ0n) is 12.6. The topological polar surface area (TPSA) is 80.3 Å². The van der Waals surface area contributed by atoms with Gasteiger partial charge in [0.15, 0.2) is 19.7 Å². The summed E-state index contributed by atoms with van der Waals surface area (Å²) in [6.07, 6.45) is 2.10. The zero-order chi connectivity index (χ0) is 17.3. The Bertz CT molecular complexity index is 920. The molecule has 0 unspecified atom stereocenters. The molecule has 0 atom stereocenters. The highest BCUT2D eigenvalue weighted by atomic mass is 79.9. The number of sulfone groups is 2. The summed E-state index contributed by atoms with van der Waals surface area (Å²) in [6, 6.07) is 11.7. The predicted octanol–water partition coefficient (Wildman–Crippen LogP) is 2.87. The summed E-state index contributed by atoms with van der Waals surface area (Å²) < 4.78 is 48.1. The summed E-state index contributed by atoms with van der Waals surface area (Å²) in [6.45, 7) is 0.425. The second-order valence-electron chi connectivity index (χ2n) is 5.18. The highest BCUT2D eigenvalue weighted by molar-refractivity contribution is 9.10. The van der Waals surface area contributed by atoms with Gasteiger partial charge >= 0.3 is 0 Å². The number of nitrogens with one attached hydrogen (secondary N) is 1. The molecule has 0 aliphatic carbocycles. The number of rotatable bonds is 5. The van der Waals surface area contributed by atoms with Gasteiger partial charge in [-0.25, -0.2) is 16.8 Å². The van der Waals surface area contributed by atoms with E-state index >= 15 is 0 Å². The third kappa shape index (κ3) is 4.79. The Morgan fingerprint density at radius 1 is 0.913 bits per heavy atom. The van der Waals surface area contributed by atoms with E-state index in [2.05, 4.69) is 21.2 Å². The lowest BCUT2D eigenvalue weighted by molar-refractivity contribution is 0.600. The molecule has 0 bridgehead atoms. The van der Waals surface area contributed by atoms with Crippen LogP contribution in [0.4, 0.5) is 5.69 Å². The Balaban J connectivity index is 2.36. The molecule has 0 spiro atoms. The van der Waals surface area contributed by atoms with Gasteiger partial charge in [0.1, 0.15) is 0 Å². The van der Waals surface area contributed by atoms with Crippen LogP contribution in [0.1, 0.15) is 5.56 Å². The number of hydrogen-bond donors (Lipinski definition) is 1. The molecule has 0 aliphatic rings. The Kier molecular flexibility index (Phi) is 5.17. The van der Waals surface area contributed by atoms with Crippen molar-refractivity contribution >= 4 is 41.3 Å². The van der Waals surface area contributed by atoms with E-state index in [4.69, 9.17) is 0 Å². The van der Waals surface area contributed by atoms with Gasteiger partial charge < -0.3 is 5.32 Å². The van der Waals surface area contributed by atoms with Crippen molar-refractivity contribution in [1.29, 1.82) is 0 Å². The van der Waals surface area contributed by atoms with Crippen LogP contribution >= 0.6 is 15.9 Å². The van der Waals surface area contributed by atoms with Crippen molar-refractivity contribution < 1.29 is 16.8 Å². The van der Waals surface area contributed by atoms with Crippen LogP contribution in [0.25, 0.3) is 0 Å². The monoisotopic (exact) mass is 417 g/mol. The molecule has 0 aliphatic heterocycles. The van der Waals surface area contributed by atoms with E-state index < -0.39 is 19.7 Å². The fourth-order valence-corrected chi connectivity index (χ4v) is 3.85. The first-order chi connectivity index (χ1) is 10.6. The summed E-state index contributed by atoms with van der Waals surface area (Å²) >= 11 is 3.35. The van der Waals surface area contributed by atoms with Crippen molar-refractivity contribution in [2.75, 3.05) is 17.8 Å². The van der Waals surface area contributed by atoms with E-state index in [9.17, 15) is 16.8 Å². The standard InChI is InChI=1S/C15H16BrNO4S2/c1-22(18,19)13-7-8-14(15(9-13)23(2,20)21)17-10-11-3-5-12(16)6-4-11/h3-9,17H,10H2,1-2H3. The third-order valence-electron chi connectivity index (χ3n) is 3.18. The summed E-state index contributed by atoms with van der Waals surface area (Å²) in [5.74, 6) is 0. The van der Waals surface area contributed by atoms with Gasteiger partial charge in [0.25, 0.3) is 0 Å².